The van der Waals surface area contributed by atoms with E-state index in [1.54, 1.807) is 10.6 Å². The Balaban J connectivity index is 1.33. The minimum absolute atomic E-state index is 0.0643. The standard InChI is InChI=1S/C23H20F3N3O4/c1-23-12-28-20(29(23)6-7-31-13-23)10-19(27-22(28)30)32-11-14-8-17(25)21(18(26)9-14)33-16-4-2-15(24)3-5-16/h2-5,8-10H,6-7,11-13H2,1H3/t23-/m1/s1. The van der Waals surface area contributed by atoms with Crippen molar-refractivity contribution in [1.82, 2.24) is 9.55 Å². The predicted octanol–water partition coefficient (Wildman–Crippen LogP) is 3.64. The number of halogens is 3. The highest BCUT2D eigenvalue weighted by atomic mass is 19.1. The van der Waals surface area contributed by atoms with E-state index in [-0.39, 0.29) is 29.3 Å². The van der Waals surface area contributed by atoms with Gasteiger partial charge in [0, 0.05) is 12.6 Å². The van der Waals surface area contributed by atoms with Crippen LogP contribution >= 0.6 is 0 Å². The number of morpholine rings is 1. The minimum atomic E-state index is -0.941. The second-order valence-corrected chi connectivity index (χ2v) is 8.26. The molecule has 1 atom stereocenters. The molecule has 2 aliphatic heterocycles. The van der Waals surface area contributed by atoms with Gasteiger partial charge in [0.25, 0.3) is 0 Å². The smallest absolute Gasteiger partial charge is 0.352 e. The number of hydrogen-bond acceptors (Lipinski definition) is 6. The molecular weight excluding hydrogens is 439 g/mol. The van der Waals surface area contributed by atoms with E-state index in [2.05, 4.69) is 9.88 Å². The molecule has 0 spiro atoms. The molecule has 0 amide bonds. The summed E-state index contributed by atoms with van der Waals surface area (Å²) >= 11 is 0. The maximum atomic E-state index is 14.5. The molecule has 1 saturated heterocycles. The highest BCUT2D eigenvalue weighted by Gasteiger charge is 2.43. The highest BCUT2D eigenvalue weighted by molar-refractivity contribution is 5.50. The van der Waals surface area contributed by atoms with Gasteiger partial charge >= 0.3 is 5.69 Å². The number of rotatable bonds is 5. The van der Waals surface area contributed by atoms with Crippen LogP contribution in [0.2, 0.25) is 0 Å². The van der Waals surface area contributed by atoms with Gasteiger partial charge in [-0.3, -0.25) is 4.57 Å². The van der Waals surface area contributed by atoms with Crippen molar-refractivity contribution in [2.75, 3.05) is 24.7 Å². The molecule has 2 aliphatic rings. The summed E-state index contributed by atoms with van der Waals surface area (Å²) in [6.45, 7) is 3.94. The maximum Gasteiger partial charge on any atom is 0.352 e. The lowest BCUT2D eigenvalue weighted by atomic mass is 10.0. The van der Waals surface area contributed by atoms with Gasteiger partial charge < -0.3 is 19.1 Å². The van der Waals surface area contributed by atoms with Crippen LogP contribution in [0, 0.1) is 17.5 Å². The van der Waals surface area contributed by atoms with Crippen molar-refractivity contribution >= 4 is 5.82 Å². The molecule has 3 heterocycles. The van der Waals surface area contributed by atoms with Crippen LogP contribution in [0.5, 0.6) is 17.4 Å². The van der Waals surface area contributed by atoms with Gasteiger partial charge in [0.1, 0.15) is 24.0 Å². The molecule has 0 unspecified atom stereocenters. The quantitative estimate of drug-likeness (QED) is 0.581. The van der Waals surface area contributed by atoms with Gasteiger partial charge in [0.05, 0.1) is 25.3 Å². The zero-order valence-corrected chi connectivity index (χ0v) is 17.7. The number of fused-ring (bicyclic) bond motifs is 3. The van der Waals surface area contributed by atoms with Crippen LogP contribution in [0.1, 0.15) is 12.5 Å². The average molecular weight is 459 g/mol. The average Bonchev–Trinajstić information content (AvgIpc) is 3.09. The van der Waals surface area contributed by atoms with E-state index in [1.165, 1.54) is 12.1 Å². The normalized spacial score (nSPS) is 19.2. The van der Waals surface area contributed by atoms with E-state index in [1.807, 2.05) is 6.92 Å². The maximum absolute atomic E-state index is 14.5. The molecular formula is C23H20F3N3O4. The minimum Gasteiger partial charge on any atom is -0.473 e. The Morgan fingerprint density at radius 1 is 1.12 bits per heavy atom. The Morgan fingerprint density at radius 2 is 1.85 bits per heavy atom. The van der Waals surface area contributed by atoms with Gasteiger partial charge in [-0.15, -0.1) is 0 Å². The Hall–Kier alpha value is -3.53. The Kier molecular flexibility index (Phi) is 5.24. The van der Waals surface area contributed by atoms with E-state index in [0.29, 0.717) is 32.1 Å². The Bertz CT molecular complexity index is 1240. The van der Waals surface area contributed by atoms with Crippen LogP contribution in [-0.4, -0.2) is 34.8 Å². The van der Waals surface area contributed by atoms with Crippen molar-refractivity contribution in [2.24, 2.45) is 0 Å². The topological polar surface area (TPSA) is 65.8 Å². The molecule has 10 heteroatoms. The van der Waals surface area contributed by atoms with Gasteiger partial charge in [-0.2, -0.15) is 4.98 Å². The van der Waals surface area contributed by atoms with E-state index < -0.39 is 28.9 Å². The van der Waals surface area contributed by atoms with E-state index in [9.17, 15) is 18.0 Å². The fourth-order valence-corrected chi connectivity index (χ4v) is 4.15. The Labute approximate surface area is 186 Å². The lowest BCUT2D eigenvalue weighted by molar-refractivity contribution is 0.0586. The summed E-state index contributed by atoms with van der Waals surface area (Å²) in [5.74, 6) is -2.14. The molecule has 5 rings (SSSR count). The van der Waals surface area contributed by atoms with Crippen LogP contribution in [0.25, 0.3) is 0 Å². The van der Waals surface area contributed by atoms with Crippen LogP contribution in [0.4, 0.5) is 19.0 Å². The molecule has 33 heavy (non-hydrogen) atoms. The third kappa shape index (κ3) is 4.02. The summed E-state index contributed by atoms with van der Waals surface area (Å²) in [5, 5.41) is 0. The summed E-state index contributed by atoms with van der Waals surface area (Å²) in [6, 6.07) is 8.57. The van der Waals surface area contributed by atoms with E-state index in [0.717, 1.165) is 24.3 Å². The molecule has 2 aromatic carbocycles. The molecule has 0 bridgehead atoms. The summed E-state index contributed by atoms with van der Waals surface area (Å²) in [5.41, 5.74) is -0.606. The lowest BCUT2D eigenvalue weighted by Gasteiger charge is -2.39. The largest absolute Gasteiger partial charge is 0.473 e. The first-order valence-corrected chi connectivity index (χ1v) is 10.3. The zero-order chi connectivity index (χ0) is 23.2. The number of aromatic nitrogens is 2. The van der Waals surface area contributed by atoms with Crippen LogP contribution in [0.3, 0.4) is 0 Å². The third-order valence-corrected chi connectivity index (χ3v) is 5.74. The highest BCUT2D eigenvalue weighted by Crippen LogP contribution is 2.36. The van der Waals surface area contributed by atoms with E-state index >= 15 is 0 Å². The van der Waals surface area contributed by atoms with Gasteiger partial charge in [-0.25, -0.2) is 18.0 Å². The third-order valence-electron chi connectivity index (χ3n) is 5.74. The molecule has 3 aromatic rings. The monoisotopic (exact) mass is 459 g/mol. The summed E-state index contributed by atoms with van der Waals surface area (Å²) in [6.07, 6.45) is 0. The van der Waals surface area contributed by atoms with Crippen molar-refractivity contribution < 1.29 is 27.4 Å². The van der Waals surface area contributed by atoms with Crippen molar-refractivity contribution in [2.45, 2.75) is 25.6 Å². The van der Waals surface area contributed by atoms with Gasteiger partial charge in [-0.1, -0.05) is 0 Å². The first kappa shape index (κ1) is 21.3. The second-order valence-electron chi connectivity index (χ2n) is 8.26. The number of hydrogen-bond donors (Lipinski definition) is 0. The van der Waals surface area contributed by atoms with E-state index in [4.69, 9.17) is 14.2 Å². The molecule has 1 aromatic heterocycles. The summed E-state index contributed by atoms with van der Waals surface area (Å²) < 4.78 is 59.9. The van der Waals surface area contributed by atoms with Crippen molar-refractivity contribution in [3.8, 4) is 17.4 Å². The second kappa shape index (κ2) is 8.11. The molecule has 0 N–H and O–H groups in total. The summed E-state index contributed by atoms with van der Waals surface area (Å²) in [4.78, 5) is 18.6. The first-order valence-electron chi connectivity index (χ1n) is 10.3. The molecule has 172 valence electrons. The number of ether oxygens (including phenoxy) is 3. The van der Waals surface area contributed by atoms with Crippen LogP contribution in [0.15, 0.2) is 47.3 Å². The summed E-state index contributed by atoms with van der Waals surface area (Å²) in [7, 11) is 0. The number of benzene rings is 2. The molecule has 0 aliphatic carbocycles. The molecule has 0 radical (unpaired) electrons. The van der Waals surface area contributed by atoms with Crippen molar-refractivity contribution in [1.29, 1.82) is 0 Å². The van der Waals surface area contributed by atoms with Crippen LogP contribution < -0.4 is 20.1 Å². The number of nitrogens with zero attached hydrogens (tertiary/aromatic N) is 3. The van der Waals surface area contributed by atoms with Gasteiger partial charge in [0.15, 0.2) is 17.4 Å². The van der Waals surface area contributed by atoms with Gasteiger partial charge in [0.2, 0.25) is 5.88 Å². The lowest BCUT2D eigenvalue weighted by Crippen LogP contribution is -2.53. The Morgan fingerprint density at radius 3 is 2.58 bits per heavy atom. The predicted molar refractivity (Wildman–Crippen MR) is 112 cm³/mol. The fourth-order valence-electron chi connectivity index (χ4n) is 4.15. The first-order chi connectivity index (χ1) is 15.8. The van der Waals surface area contributed by atoms with Crippen LogP contribution in [-0.2, 0) is 17.9 Å². The SMILES string of the molecule is C[C@@]12COCCN1c1cc(OCc3cc(F)c(Oc4ccc(F)cc4)c(F)c3)nc(=O)n1C2. The number of anilines is 1. The van der Waals surface area contributed by atoms with Gasteiger partial charge in [-0.05, 0) is 48.9 Å². The molecule has 7 nitrogen and oxygen atoms in total. The van der Waals surface area contributed by atoms with Crippen molar-refractivity contribution in [3.05, 3.63) is 76.0 Å². The van der Waals surface area contributed by atoms with Crippen molar-refractivity contribution in [3.63, 3.8) is 0 Å². The zero-order valence-electron chi connectivity index (χ0n) is 17.7. The molecule has 1 fully saturated rings. The fraction of sp³-hybridized carbons (Fsp3) is 0.304. The molecule has 0 saturated carbocycles.